The average Bonchev–Trinajstić information content (AvgIpc) is 3.46. The number of benzene rings is 1. The van der Waals surface area contributed by atoms with Crippen molar-refractivity contribution in [3.63, 3.8) is 0 Å². The molecule has 2 aromatic heterocycles. The Bertz CT molecular complexity index is 1140. The van der Waals surface area contributed by atoms with Crippen LogP contribution in [0.2, 0.25) is 0 Å². The minimum absolute atomic E-state index is 0.0897. The van der Waals surface area contributed by atoms with Crippen molar-refractivity contribution in [1.82, 2.24) is 19.2 Å². The number of carbonyl (C=O) groups excluding carboxylic acids is 2. The molecule has 0 bridgehead atoms. The fraction of sp³-hybridized carbons (Fsp3) is 0.375. The zero-order valence-corrected chi connectivity index (χ0v) is 18.9. The van der Waals surface area contributed by atoms with Crippen molar-refractivity contribution >= 4 is 35.0 Å². The Balaban J connectivity index is 1.52. The number of aryl methyl sites for hydroxylation is 1. The number of hydrogen-bond acceptors (Lipinski definition) is 5. The zero-order valence-electron chi connectivity index (χ0n) is 18.1. The molecule has 3 aromatic rings. The maximum atomic E-state index is 13.4. The molecule has 1 aliphatic heterocycles. The summed E-state index contributed by atoms with van der Waals surface area (Å²) in [5, 5.41) is 10.2. The van der Waals surface area contributed by atoms with Crippen molar-refractivity contribution in [3.8, 4) is 6.07 Å². The average molecular weight is 450 g/mol. The van der Waals surface area contributed by atoms with E-state index in [4.69, 9.17) is 0 Å². The molecule has 1 saturated heterocycles. The molecule has 166 valence electrons. The SMILES string of the molecule is CC1CCN(C(=O)C(CCn2cccc2C#N)NSc2cccc3[nH]cc(C=O)c23)CC1. The van der Waals surface area contributed by atoms with E-state index >= 15 is 0 Å². The van der Waals surface area contributed by atoms with Gasteiger partial charge in [0, 0.05) is 53.4 Å². The van der Waals surface area contributed by atoms with Gasteiger partial charge in [-0.05, 0) is 61.4 Å². The normalized spacial score (nSPS) is 15.6. The highest BCUT2D eigenvalue weighted by Gasteiger charge is 2.27. The molecule has 1 atom stereocenters. The highest BCUT2D eigenvalue weighted by molar-refractivity contribution is 7.97. The predicted octanol–water partition coefficient (Wildman–Crippen LogP) is 3.97. The minimum Gasteiger partial charge on any atom is -0.360 e. The van der Waals surface area contributed by atoms with E-state index in [1.165, 1.54) is 11.9 Å². The number of aromatic amines is 1. The van der Waals surface area contributed by atoms with Gasteiger partial charge in [-0.25, -0.2) is 4.72 Å². The summed E-state index contributed by atoms with van der Waals surface area (Å²) in [6.45, 7) is 4.35. The first kappa shape index (κ1) is 22.2. The van der Waals surface area contributed by atoms with Gasteiger partial charge in [0.05, 0.1) is 6.04 Å². The number of H-pyrrole nitrogens is 1. The van der Waals surface area contributed by atoms with Gasteiger partial charge in [-0.3, -0.25) is 9.59 Å². The number of nitrogens with one attached hydrogen (secondary N) is 2. The third-order valence-electron chi connectivity index (χ3n) is 6.13. The van der Waals surface area contributed by atoms with Crippen LogP contribution in [-0.4, -0.2) is 45.8 Å². The maximum Gasteiger partial charge on any atom is 0.240 e. The van der Waals surface area contributed by atoms with E-state index < -0.39 is 6.04 Å². The molecular formula is C24H27N5O2S. The third kappa shape index (κ3) is 4.74. The van der Waals surface area contributed by atoms with E-state index in [0.29, 0.717) is 30.1 Å². The molecule has 3 heterocycles. The number of rotatable bonds is 8. The molecule has 1 aromatic carbocycles. The maximum absolute atomic E-state index is 13.4. The van der Waals surface area contributed by atoms with Crippen LogP contribution in [0, 0.1) is 17.2 Å². The van der Waals surface area contributed by atoms with Crippen molar-refractivity contribution in [3.05, 3.63) is 54.0 Å². The monoisotopic (exact) mass is 449 g/mol. The summed E-state index contributed by atoms with van der Waals surface area (Å²) in [6, 6.07) is 11.2. The first-order chi connectivity index (χ1) is 15.6. The molecule has 1 amide bonds. The number of nitriles is 1. The van der Waals surface area contributed by atoms with Gasteiger partial charge in [-0.1, -0.05) is 13.0 Å². The Labute approximate surface area is 191 Å². The molecule has 1 aliphatic rings. The van der Waals surface area contributed by atoms with Crippen LogP contribution in [0.3, 0.4) is 0 Å². The van der Waals surface area contributed by atoms with Gasteiger partial charge in [0.2, 0.25) is 5.91 Å². The molecule has 1 fully saturated rings. The van der Waals surface area contributed by atoms with E-state index in [-0.39, 0.29) is 5.91 Å². The number of hydrogen-bond donors (Lipinski definition) is 2. The van der Waals surface area contributed by atoms with Gasteiger partial charge in [0.15, 0.2) is 6.29 Å². The molecule has 1 unspecified atom stereocenters. The number of carbonyl (C=O) groups is 2. The molecule has 8 heteroatoms. The lowest BCUT2D eigenvalue weighted by atomic mass is 9.98. The Kier molecular flexibility index (Phi) is 6.98. The number of amides is 1. The second kappa shape index (κ2) is 10.1. The summed E-state index contributed by atoms with van der Waals surface area (Å²) in [6.07, 6.45) is 7.02. The van der Waals surface area contributed by atoms with Crippen LogP contribution in [0.5, 0.6) is 0 Å². The quantitative estimate of drug-likeness (QED) is 0.401. The van der Waals surface area contributed by atoms with E-state index in [0.717, 1.165) is 48.0 Å². The number of aldehydes is 1. The zero-order chi connectivity index (χ0) is 22.5. The molecule has 0 saturated carbocycles. The van der Waals surface area contributed by atoms with Crippen molar-refractivity contribution in [2.45, 2.75) is 43.7 Å². The van der Waals surface area contributed by atoms with E-state index in [1.807, 2.05) is 39.9 Å². The molecule has 4 rings (SSSR count). The molecule has 0 aliphatic carbocycles. The lowest BCUT2D eigenvalue weighted by Gasteiger charge is -2.33. The Hall–Kier alpha value is -3.02. The Morgan fingerprint density at radius 2 is 2.16 bits per heavy atom. The van der Waals surface area contributed by atoms with Crippen LogP contribution in [0.4, 0.5) is 0 Å². The first-order valence-electron chi connectivity index (χ1n) is 10.9. The van der Waals surface area contributed by atoms with Crippen LogP contribution in [0.25, 0.3) is 10.9 Å². The van der Waals surface area contributed by atoms with Gasteiger partial charge in [-0.2, -0.15) is 5.26 Å². The van der Waals surface area contributed by atoms with Crippen molar-refractivity contribution in [2.24, 2.45) is 5.92 Å². The van der Waals surface area contributed by atoms with Crippen LogP contribution < -0.4 is 4.72 Å². The summed E-state index contributed by atoms with van der Waals surface area (Å²) >= 11 is 1.38. The predicted molar refractivity (Wildman–Crippen MR) is 125 cm³/mol. The highest BCUT2D eigenvalue weighted by atomic mass is 32.2. The molecule has 32 heavy (non-hydrogen) atoms. The van der Waals surface area contributed by atoms with E-state index in [1.54, 1.807) is 12.3 Å². The second-order valence-corrected chi connectivity index (χ2v) is 9.19. The third-order valence-corrected chi connectivity index (χ3v) is 7.09. The van der Waals surface area contributed by atoms with Gasteiger partial charge in [0.25, 0.3) is 0 Å². The molecule has 7 nitrogen and oxygen atoms in total. The van der Waals surface area contributed by atoms with Gasteiger partial charge < -0.3 is 14.5 Å². The number of aromatic nitrogens is 2. The number of piperidine rings is 1. The van der Waals surface area contributed by atoms with Crippen molar-refractivity contribution in [1.29, 1.82) is 5.26 Å². The Morgan fingerprint density at radius 3 is 2.91 bits per heavy atom. The minimum atomic E-state index is -0.406. The summed E-state index contributed by atoms with van der Waals surface area (Å²) in [5.41, 5.74) is 2.07. The second-order valence-electron chi connectivity index (χ2n) is 8.31. The number of likely N-dealkylation sites (tertiary alicyclic amines) is 1. The molecule has 0 spiro atoms. The molecule has 2 N–H and O–H groups in total. The largest absolute Gasteiger partial charge is 0.360 e. The summed E-state index contributed by atoms with van der Waals surface area (Å²) in [4.78, 5) is 30.8. The Morgan fingerprint density at radius 1 is 1.34 bits per heavy atom. The van der Waals surface area contributed by atoms with Gasteiger partial charge in [-0.15, -0.1) is 0 Å². The summed E-state index contributed by atoms with van der Waals surface area (Å²) < 4.78 is 5.25. The molecular weight excluding hydrogens is 422 g/mol. The highest BCUT2D eigenvalue weighted by Crippen LogP contribution is 2.29. The molecule has 0 radical (unpaired) electrons. The van der Waals surface area contributed by atoms with Crippen molar-refractivity contribution in [2.75, 3.05) is 13.1 Å². The standard InChI is InChI=1S/C24H27N5O2S/c1-17-7-11-29(12-8-17)24(31)21(9-13-28-10-3-4-19(28)14-25)27-32-22-6-2-5-20-23(22)18(16-30)15-26-20/h2-6,10,15-17,21,26-27H,7-9,11-13H2,1H3. The lowest BCUT2D eigenvalue weighted by Crippen LogP contribution is -2.47. The topological polar surface area (TPSA) is 93.9 Å². The van der Waals surface area contributed by atoms with E-state index in [2.05, 4.69) is 22.7 Å². The van der Waals surface area contributed by atoms with Gasteiger partial charge >= 0.3 is 0 Å². The number of nitrogens with zero attached hydrogens (tertiary/aromatic N) is 3. The lowest BCUT2D eigenvalue weighted by molar-refractivity contribution is -0.134. The summed E-state index contributed by atoms with van der Waals surface area (Å²) in [5.74, 6) is 0.734. The van der Waals surface area contributed by atoms with E-state index in [9.17, 15) is 14.9 Å². The smallest absolute Gasteiger partial charge is 0.240 e. The van der Waals surface area contributed by atoms with Crippen molar-refractivity contribution < 1.29 is 9.59 Å². The van der Waals surface area contributed by atoms with Crippen LogP contribution >= 0.6 is 11.9 Å². The first-order valence-corrected chi connectivity index (χ1v) is 11.7. The van der Waals surface area contributed by atoms with Crippen LogP contribution in [0.15, 0.2) is 47.6 Å². The fourth-order valence-corrected chi connectivity index (χ4v) is 5.11. The summed E-state index contributed by atoms with van der Waals surface area (Å²) in [7, 11) is 0. The van der Waals surface area contributed by atoms with Crippen LogP contribution in [-0.2, 0) is 11.3 Å². The van der Waals surface area contributed by atoms with Gasteiger partial charge in [0.1, 0.15) is 11.8 Å². The number of fused-ring (bicyclic) bond motifs is 1. The fourth-order valence-electron chi connectivity index (χ4n) is 4.15. The van der Waals surface area contributed by atoms with Crippen LogP contribution in [0.1, 0.15) is 42.2 Å².